The van der Waals surface area contributed by atoms with E-state index >= 15 is 0 Å². The zero-order valence-corrected chi connectivity index (χ0v) is 25.9. The summed E-state index contributed by atoms with van der Waals surface area (Å²) in [5.41, 5.74) is -0.377. The first-order valence-corrected chi connectivity index (χ1v) is 15.0. The molecule has 250 valence electrons. The lowest BCUT2D eigenvalue weighted by atomic mass is 9.50. The quantitative estimate of drug-likeness (QED) is 0.170. The van der Waals surface area contributed by atoms with Crippen molar-refractivity contribution in [2.75, 3.05) is 27.2 Å². The molecule has 1 aromatic carbocycles. The van der Waals surface area contributed by atoms with Gasteiger partial charge in [-0.2, -0.15) is 0 Å². The number of nitrogens with one attached hydrogen (secondary N) is 1. The number of methoxy groups -OCH3 is 1. The smallest absolute Gasteiger partial charge is 0.348 e. The number of likely N-dealkylation sites (tertiary alicyclic amines) is 1. The van der Waals surface area contributed by atoms with Crippen molar-refractivity contribution in [3.8, 4) is 11.5 Å². The van der Waals surface area contributed by atoms with Crippen LogP contribution >= 0.6 is 0 Å². The van der Waals surface area contributed by atoms with E-state index in [4.69, 9.17) is 28.8 Å². The molecule has 4 aliphatic rings. The van der Waals surface area contributed by atoms with E-state index in [2.05, 4.69) is 10.2 Å². The van der Waals surface area contributed by atoms with Crippen LogP contribution in [-0.2, 0) is 50.0 Å². The largest absolute Gasteiger partial charge is 0.493 e. The third-order valence-electron chi connectivity index (χ3n) is 9.33. The monoisotopic (exact) mass is 646 g/mol. The summed E-state index contributed by atoms with van der Waals surface area (Å²) in [6, 6.07) is 3.53. The van der Waals surface area contributed by atoms with Gasteiger partial charge in [0.15, 0.2) is 23.7 Å². The number of nitrogens with zero attached hydrogens (tertiary/aromatic N) is 1. The van der Waals surface area contributed by atoms with Gasteiger partial charge in [-0.25, -0.2) is 9.59 Å². The molecular formula is C31H38N2O13. The average Bonchev–Trinajstić information content (AvgIpc) is 3.35. The fourth-order valence-corrected chi connectivity index (χ4v) is 7.04. The van der Waals surface area contributed by atoms with Crippen molar-refractivity contribution in [1.29, 1.82) is 0 Å². The second-order valence-corrected chi connectivity index (χ2v) is 12.1. The second kappa shape index (κ2) is 12.5. The highest BCUT2D eigenvalue weighted by Crippen LogP contribution is 2.65. The van der Waals surface area contributed by atoms with Gasteiger partial charge in [-0.15, -0.1) is 0 Å². The van der Waals surface area contributed by atoms with Crippen LogP contribution in [0.4, 0.5) is 0 Å². The Kier molecular flexibility index (Phi) is 9.03. The molecule has 7 atom stereocenters. The number of ether oxygens (including phenoxy) is 5. The number of hydrogen-bond acceptors (Lipinski definition) is 13. The first-order chi connectivity index (χ1) is 21.7. The highest BCUT2D eigenvalue weighted by molar-refractivity contribution is 5.87. The zero-order valence-electron chi connectivity index (χ0n) is 25.9. The number of carbonyl (C=O) groups is 5. The maximum absolute atomic E-state index is 13.3. The Labute approximate surface area is 264 Å². The van der Waals surface area contributed by atoms with E-state index < -0.39 is 78.1 Å². The van der Waals surface area contributed by atoms with Gasteiger partial charge in [0.1, 0.15) is 11.9 Å². The van der Waals surface area contributed by atoms with Crippen LogP contribution in [0.5, 0.6) is 11.5 Å². The molecule has 0 aromatic heterocycles. The summed E-state index contributed by atoms with van der Waals surface area (Å²) >= 11 is 0. The summed E-state index contributed by atoms with van der Waals surface area (Å²) in [6.45, 7) is 2.74. The van der Waals surface area contributed by atoms with Crippen LogP contribution in [0.15, 0.2) is 24.0 Å². The summed E-state index contributed by atoms with van der Waals surface area (Å²) in [7, 11) is 3.47. The van der Waals surface area contributed by atoms with E-state index in [-0.39, 0.29) is 24.8 Å². The maximum Gasteiger partial charge on any atom is 0.348 e. The van der Waals surface area contributed by atoms with Crippen LogP contribution in [0.3, 0.4) is 0 Å². The van der Waals surface area contributed by atoms with E-state index in [1.807, 2.05) is 13.1 Å². The molecule has 5 rings (SSSR count). The summed E-state index contributed by atoms with van der Waals surface area (Å²) < 4.78 is 27.8. The number of carboxylic acid groups (broad SMARTS) is 1. The fraction of sp³-hybridized carbons (Fsp3) is 0.581. The number of esters is 3. The van der Waals surface area contributed by atoms with Crippen molar-refractivity contribution in [2.45, 2.75) is 87.4 Å². The summed E-state index contributed by atoms with van der Waals surface area (Å²) in [4.78, 5) is 63.6. The minimum Gasteiger partial charge on any atom is -0.493 e. The Morgan fingerprint density at radius 2 is 1.89 bits per heavy atom. The van der Waals surface area contributed by atoms with Crippen LogP contribution in [0.2, 0.25) is 0 Å². The molecule has 1 aromatic rings. The van der Waals surface area contributed by atoms with Crippen LogP contribution in [0.1, 0.15) is 50.7 Å². The molecule has 2 heterocycles. The average molecular weight is 647 g/mol. The third-order valence-corrected chi connectivity index (χ3v) is 9.33. The van der Waals surface area contributed by atoms with Gasteiger partial charge in [0.05, 0.1) is 31.0 Å². The molecule has 15 heteroatoms. The predicted octanol–water partition coefficient (Wildman–Crippen LogP) is -0.279. The van der Waals surface area contributed by atoms with Crippen molar-refractivity contribution >= 4 is 29.8 Å². The fourth-order valence-electron chi connectivity index (χ4n) is 7.04. The van der Waals surface area contributed by atoms with Gasteiger partial charge in [0.25, 0.3) is 0 Å². The molecular weight excluding hydrogens is 608 g/mol. The van der Waals surface area contributed by atoms with Crippen LogP contribution < -0.4 is 14.8 Å². The molecule has 1 fully saturated rings. The standard InChI is InChI=1S/C31H38N2O13/c1-15(34)27(37)32-11-8-22(35)45-20(29(40)43-16(2)28(38)39)14-23(36)44-19-7-9-31(41)21-13-17-5-6-18(42-4)25-24(17)30(31,26(19)46-25)10-12-33(21)3/h5-7,15-16,20-21,26,34,41H,8-14H2,1-4H3,(H,32,37)(H,38,39)/t15?,16?,20?,21-,26+,30+,31-/m1/s1. The highest BCUT2D eigenvalue weighted by atomic mass is 16.6. The number of benzene rings is 1. The van der Waals surface area contributed by atoms with Gasteiger partial charge < -0.3 is 49.2 Å². The van der Waals surface area contributed by atoms with Crippen molar-refractivity contribution < 1.29 is 63.0 Å². The SMILES string of the molecule is COc1ccc2c3c1O[C@H]1C(OC(=O)CC(OC(=O)CCNC(=O)C(C)O)C(=O)OC(C)C(=O)O)=CC[C@@]4(O)[C@@H](C2)N(C)CC[C@]314. The summed E-state index contributed by atoms with van der Waals surface area (Å²) in [5, 5.41) is 33.1. The van der Waals surface area contributed by atoms with Gasteiger partial charge in [-0.05, 0) is 58.0 Å². The maximum atomic E-state index is 13.3. The number of carboxylic acids is 1. The van der Waals surface area contributed by atoms with E-state index in [9.17, 15) is 34.2 Å². The van der Waals surface area contributed by atoms with Crippen LogP contribution in [0.25, 0.3) is 0 Å². The van der Waals surface area contributed by atoms with Crippen molar-refractivity contribution in [2.24, 2.45) is 0 Å². The first-order valence-electron chi connectivity index (χ1n) is 15.0. The Morgan fingerprint density at radius 1 is 1.15 bits per heavy atom. The molecule has 0 saturated carbocycles. The molecule has 2 aliphatic heterocycles. The molecule has 1 spiro atoms. The van der Waals surface area contributed by atoms with Gasteiger partial charge in [-0.1, -0.05) is 6.07 Å². The number of aliphatic hydroxyl groups excluding tert-OH is 1. The molecule has 2 aliphatic carbocycles. The number of rotatable bonds is 12. The number of carbonyl (C=O) groups excluding carboxylic acids is 4. The Hall–Kier alpha value is -4.21. The lowest BCUT2D eigenvalue weighted by Crippen LogP contribution is -2.74. The number of aliphatic carboxylic acids is 1. The molecule has 2 bridgehead atoms. The van der Waals surface area contributed by atoms with Crippen LogP contribution in [0, 0.1) is 0 Å². The van der Waals surface area contributed by atoms with E-state index in [0.29, 0.717) is 30.9 Å². The van der Waals surface area contributed by atoms with E-state index in [0.717, 1.165) is 18.1 Å². The van der Waals surface area contributed by atoms with Gasteiger partial charge in [0, 0.05) is 24.6 Å². The summed E-state index contributed by atoms with van der Waals surface area (Å²) in [6.07, 6.45) is -4.13. The number of hydrogen-bond donors (Lipinski definition) is 4. The lowest BCUT2D eigenvalue weighted by Gasteiger charge is -2.61. The predicted molar refractivity (Wildman–Crippen MR) is 155 cm³/mol. The molecule has 1 amide bonds. The summed E-state index contributed by atoms with van der Waals surface area (Å²) in [5.74, 6) is -4.43. The molecule has 15 nitrogen and oxygen atoms in total. The topological polar surface area (TPSA) is 207 Å². The zero-order chi connectivity index (χ0) is 33.6. The Morgan fingerprint density at radius 3 is 2.57 bits per heavy atom. The minimum absolute atomic E-state index is 0.113. The first kappa shape index (κ1) is 33.2. The molecule has 46 heavy (non-hydrogen) atoms. The van der Waals surface area contributed by atoms with Gasteiger partial charge in [0.2, 0.25) is 12.0 Å². The highest BCUT2D eigenvalue weighted by Gasteiger charge is 2.72. The van der Waals surface area contributed by atoms with Crippen LogP contribution in [-0.4, -0.2) is 113 Å². The normalized spacial score (nSPS) is 27.5. The Bertz CT molecular complexity index is 1470. The lowest BCUT2D eigenvalue weighted by molar-refractivity contribution is -0.179. The van der Waals surface area contributed by atoms with Crippen molar-refractivity contribution in [1.82, 2.24) is 10.2 Å². The number of aliphatic hydroxyl groups is 2. The van der Waals surface area contributed by atoms with E-state index in [1.165, 1.54) is 14.0 Å². The van der Waals surface area contributed by atoms with Gasteiger partial charge in [-0.3, -0.25) is 14.4 Å². The minimum atomic E-state index is -1.87. The second-order valence-electron chi connectivity index (χ2n) is 12.1. The molecule has 0 radical (unpaired) electrons. The third kappa shape index (κ3) is 5.56. The molecule has 4 N–H and O–H groups in total. The Balaban J connectivity index is 1.36. The molecule has 1 saturated heterocycles. The number of amides is 1. The van der Waals surface area contributed by atoms with Crippen molar-refractivity contribution in [3.63, 3.8) is 0 Å². The number of likely N-dealkylation sites (N-methyl/N-ethyl adjacent to an activating group) is 1. The molecule has 3 unspecified atom stereocenters. The van der Waals surface area contributed by atoms with E-state index in [1.54, 1.807) is 12.1 Å². The van der Waals surface area contributed by atoms with Crippen molar-refractivity contribution in [3.05, 3.63) is 35.1 Å². The number of piperidine rings is 1. The van der Waals surface area contributed by atoms with Gasteiger partial charge >= 0.3 is 23.9 Å².